The van der Waals surface area contributed by atoms with Crippen LogP contribution in [0.15, 0.2) is 0 Å². The largest absolute Gasteiger partial charge is 0.465 e. The average molecular weight is 304 g/mol. The Morgan fingerprint density at radius 3 is 2.00 bits per heavy atom. The molecular weight excluding hydrogens is 270 g/mol. The van der Waals surface area contributed by atoms with Gasteiger partial charge in [-0.1, -0.05) is 64.7 Å². The highest BCUT2D eigenvalue weighted by molar-refractivity contribution is 7.80. The van der Waals surface area contributed by atoms with Crippen LogP contribution >= 0.6 is 12.6 Å². The van der Waals surface area contributed by atoms with Crippen LogP contribution in [-0.2, 0) is 9.53 Å². The van der Waals surface area contributed by atoms with Crippen molar-refractivity contribution in [1.29, 1.82) is 0 Å². The summed E-state index contributed by atoms with van der Waals surface area (Å²) in [5.74, 6) is 0.337. The van der Waals surface area contributed by atoms with Crippen molar-refractivity contribution >= 4 is 18.6 Å². The Bertz CT molecular complexity index is 225. The molecule has 1 atom stereocenters. The van der Waals surface area contributed by atoms with Crippen LogP contribution in [0.1, 0.15) is 77.6 Å². The maximum Gasteiger partial charge on any atom is 0.322 e. The van der Waals surface area contributed by atoms with Crippen molar-refractivity contribution in [3.8, 4) is 0 Å². The number of carbonyl (C=O) groups excluding carboxylic acids is 1. The predicted molar refractivity (Wildman–Crippen MR) is 89.2 cm³/mol. The molecule has 0 saturated heterocycles. The minimum atomic E-state index is -0.504. The minimum Gasteiger partial charge on any atom is -0.465 e. The molecule has 4 heteroatoms. The van der Waals surface area contributed by atoms with E-state index in [1.54, 1.807) is 0 Å². The number of nitrogens with two attached hydrogens (primary N) is 1. The van der Waals surface area contributed by atoms with E-state index < -0.39 is 6.04 Å². The molecule has 0 amide bonds. The molecule has 0 aromatic rings. The molecule has 0 spiro atoms. The average Bonchev–Trinajstić information content (AvgIpc) is 2.44. The van der Waals surface area contributed by atoms with Crippen molar-refractivity contribution in [3.63, 3.8) is 0 Å². The second-order valence-electron chi connectivity index (χ2n) is 5.47. The van der Waals surface area contributed by atoms with E-state index in [4.69, 9.17) is 10.5 Å². The molecule has 3 nitrogen and oxygen atoms in total. The number of esters is 1. The second-order valence-corrected chi connectivity index (χ2v) is 5.92. The predicted octanol–water partition coefficient (Wildman–Crippen LogP) is 4.10. The molecule has 0 bridgehead atoms. The molecule has 0 fully saturated rings. The Kier molecular flexibility index (Phi) is 15.0. The van der Waals surface area contributed by atoms with E-state index >= 15 is 0 Å². The van der Waals surface area contributed by atoms with Crippen LogP contribution in [0.4, 0.5) is 0 Å². The molecule has 0 radical (unpaired) electrons. The summed E-state index contributed by atoms with van der Waals surface area (Å²) in [6.07, 6.45) is 13.4. The summed E-state index contributed by atoms with van der Waals surface area (Å²) in [4.78, 5) is 11.4. The van der Waals surface area contributed by atoms with Gasteiger partial charge in [0, 0.05) is 0 Å². The van der Waals surface area contributed by atoms with Crippen molar-refractivity contribution < 1.29 is 9.53 Å². The number of rotatable bonds is 14. The Hall–Kier alpha value is -0.220. The lowest BCUT2D eigenvalue weighted by molar-refractivity contribution is -0.145. The molecule has 0 saturated carbocycles. The maximum atomic E-state index is 11.4. The molecular formula is C16H33NO2S. The zero-order valence-electron chi connectivity index (χ0n) is 13.1. The summed E-state index contributed by atoms with van der Waals surface area (Å²) in [7, 11) is 0. The molecule has 0 aliphatic heterocycles. The summed E-state index contributed by atoms with van der Waals surface area (Å²) in [5.41, 5.74) is 5.63. The van der Waals surface area contributed by atoms with Crippen LogP contribution in [0, 0.1) is 0 Å². The maximum absolute atomic E-state index is 11.4. The molecule has 0 aliphatic rings. The van der Waals surface area contributed by atoms with Gasteiger partial charge in [0.2, 0.25) is 0 Å². The lowest BCUT2D eigenvalue weighted by Crippen LogP contribution is -2.32. The molecule has 120 valence electrons. The fraction of sp³-hybridized carbons (Fsp3) is 0.938. The third kappa shape index (κ3) is 12.8. The van der Waals surface area contributed by atoms with Gasteiger partial charge in [-0.3, -0.25) is 4.79 Å². The topological polar surface area (TPSA) is 52.3 Å². The highest BCUT2D eigenvalue weighted by Gasteiger charge is 2.13. The van der Waals surface area contributed by atoms with Gasteiger partial charge in [0.05, 0.1) is 6.61 Å². The van der Waals surface area contributed by atoms with Gasteiger partial charge in [0.1, 0.15) is 6.04 Å². The molecule has 0 aliphatic carbocycles. The van der Waals surface area contributed by atoms with Crippen molar-refractivity contribution in [1.82, 2.24) is 0 Å². The van der Waals surface area contributed by atoms with Gasteiger partial charge in [-0.15, -0.1) is 0 Å². The zero-order chi connectivity index (χ0) is 15.1. The van der Waals surface area contributed by atoms with Crippen molar-refractivity contribution in [2.45, 2.75) is 83.6 Å². The fourth-order valence-corrected chi connectivity index (χ4v) is 2.40. The number of ether oxygens (including phenoxy) is 1. The number of hydrogen-bond donors (Lipinski definition) is 2. The van der Waals surface area contributed by atoms with Crippen LogP contribution in [0.2, 0.25) is 0 Å². The third-order valence-corrected chi connectivity index (χ3v) is 3.74. The van der Waals surface area contributed by atoms with Gasteiger partial charge in [-0.25, -0.2) is 0 Å². The molecule has 0 unspecified atom stereocenters. The normalized spacial score (nSPS) is 12.3. The van der Waals surface area contributed by atoms with E-state index in [9.17, 15) is 4.79 Å². The summed E-state index contributed by atoms with van der Waals surface area (Å²) < 4.78 is 5.13. The van der Waals surface area contributed by atoms with Gasteiger partial charge < -0.3 is 10.5 Å². The van der Waals surface area contributed by atoms with E-state index in [0.29, 0.717) is 18.8 Å². The molecule has 0 aromatic carbocycles. The summed E-state index contributed by atoms with van der Waals surface area (Å²) in [6.45, 7) is 2.76. The van der Waals surface area contributed by atoms with Gasteiger partial charge >= 0.3 is 5.97 Å². The minimum absolute atomic E-state index is 0.282. The Labute approximate surface area is 130 Å². The number of unbranched alkanes of at least 4 members (excludes halogenated alkanes) is 9. The third-order valence-electron chi connectivity index (χ3n) is 3.49. The lowest BCUT2D eigenvalue weighted by Gasteiger charge is -2.10. The van der Waals surface area contributed by atoms with E-state index in [-0.39, 0.29) is 5.97 Å². The van der Waals surface area contributed by atoms with Crippen molar-refractivity contribution in [2.75, 3.05) is 12.4 Å². The fourth-order valence-electron chi connectivity index (χ4n) is 2.13. The summed E-state index contributed by atoms with van der Waals surface area (Å²) in [5, 5.41) is 0. The highest BCUT2D eigenvalue weighted by Crippen LogP contribution is 2.10. The van der Waals surface area contributed by atoms with Gasteiger partial charge in [-0.05, 0) is 18.6 Å². The molecule has 20 heavy (non-hydrogen) atoms. The van der Waals surface area contributed by atoms with E-state index in [2.05, 4.69) is 19.6 Å². The molecule has 0 aromatic heterocycles. The van der Waals surface area contributed by atoms with Crippen molar-refractivity contribution in [2.24, 2.45) is 5.73 Å². The highest BCUT2D eigenvalue weighted by atomic mass is 32.1. The first kappa shape index (κ1) is 19.8. The van der Waals surface area contributed by atoms with Gasteiger partial charge in [0.25, 0.3) is 0 Å². The molecule has 0 rings (SSSR count). The SMILES string of the molecule is CCCCCCCCCCCCOC(=O)[C@H](N)CCS. The van der Waals surface area contributed by atoms with E-state index in [1.165, 1.54) is 51.4 Å². The standard InChI is InChI=1S/C16H33NO2S/c1-2-3-4-5-6-7-8-9-10-11-13-19-16(18)15(17)12-14-20/h15,20H,2-14,17H2,1H3/t15-/m1/s1. The van der Waals surface area contributed by atoms with Crippen LogP contribution in [0.5, 0.6) is 0 Å². The Morgan fingerprint density at radius 1 is 1.00 bits per heavy atom. The first-order valence-electron chi connectivity index (χ1n) is 8.25. The first-order chi connectivity index (χ1) is 9.72. The molecule has 2 N–H and O–H groups in total. The summed E-state index contributed by atoms with van der Waals surface area (Å²) in [6, 6.07) is -0.504. The van der Waals surface area contributed by atoms with Crippen LogP contribution in [-0.4, -0.2) is 24.4 Å². The lowest BCUT2D eigenvalue weighted by atomic mass is 10.1. The smallest absolute Gasteiger partial charge is 0.322 e. The Balaban J connectivity index is 3.18. The van der Waals surface area contributed by atoms with E-state index in [1.807, 2.05) is 0 Å². The quantitative estimate of drug-likeness (QED) is 0.288. The monoisotopic (exact) mass is 303 g/mol. The number of carbonyl (C=O) groups is 1. The van der Waals surface area contributed by atoms with Gasteiger partial charge in [-0.2, -0.15) is 12.6 Å². The van der Waals surface area contributed by atoms with Crippen LogP contribution < -0.4 is 5.73 Å². The number of hydrogen-bond acceptors (Lipinski definition) is 4. The number of thiol groups is 1. The van der Waals surface area contributed by atoms with E-state index in [0.717, 1.165) is 12.8 Å². The van der Waals surface area contributed by atoms with Crippen LogP contribution in [0.25, 0.3) is 0 Å². The Morgan fingerprint density at radius 2 is 1.50 bits per heavy atom. The first-order valence-corrected chi connectivity index (χ1v) is 8.88. The molecule has 0 heterocycles. The summed E-state index contributed by atoms with van der Waals surface area (Å²) >= 11 is 4.05. The second kappa shape index (κ2) is 15.2. The zero-order valence-corrected chi connectivity index (χ0v) is 14.0. The van der Waals surface area contributed by atoms with Crippen LogP contribution in [0.3, 0.4) is 0 Å². The van der Waals surface area contributed by atoms with Gasteiger partial charge in [0.15, 0.2) is 0 Å². The van der Waals surface area contributed by atoms with Crippen molar-refractivity contribution in [3.05, 3.63) is 0 Å².